The molecule has 9 heteroatoms. The largest absolute Gasteiger partial charge is 0.380 e. The van der Waals surface area contributed by atoms with E-state index in [0.717, 1.165) is 16.8 Å². The lowest BCUT2D eigenvalue weighted by Gasteiger charge is -2.37. The second kappa shape index (κ2) is 10.3. The molecule has 0 radical (unpaired) electrons. The molecule has 4 rings (SSSR count). The van der Waals surface area contributed by atoms with Crippen molar-refractivity contribution < 1.29 is 19.8 Å². The lowest BCUT2D eigenvalue weighted by Crippen LogP contribution is -2.54. The quantitative estimate of drug-likeness (QED) is 0.438. The van der Waals surface area contributed by atoms with Crippen LogP contribution in [-0.2, 0) is 15.1 Å². The molecule has 0 aliphatic carbocycles. The first-order chi connectivity index (χ1) is 17.4. The van der Waals surface area contributed by atoms with Crippen molar-refractivity contribution >= 4 is 23.4 Å². The minimum atomic E-state index is -1.93. The third-order valence-corrected chi connectivity index (χ3v) is 7.29. The first kappa shape index (κ1) is 26.9. The van der Waals surface area contributed by atoms with Crippen molar-refractivity contribution in [1.82, 2.24) is 20.0 Å². The molecule has 1 fully saturated rings. The van der Waals surface area contributed by atoms with Gasteiger partial charge in [-0.05, 0) is 67.1 Å². The van der Waals surface area contributed by atoms with E-state index < -0.39 is 35.6 Å². The minimum absolute atomic E-state index is 0.240. The van der Waals surface area contributed by atoms with Gasteiger partial charge >= 0.3 is 0 Å². The number of amides is 2. The Morgan fingerprint density at radius 1 is 1.05 bits per heavy atom. The van der Waals surface area contributed by atoms with Gasteiger partial charge in [0.1, 0.15) is 0 Å². The Morgan fingerprint density at radius 3 is 2.38 bits per heavy atom. The van der Waals surface area contributed by atoms with Gasteiger partial charge in [-0.25, -0.2) is 4.68 Å². The molecule has 3 N–H and O–H groups in total. The number of hydrogen-bond acceptors (Lipinski definition) is 5. The van der Waals surface area contributed by atoms with Crippen LogP contribution in [0.1, 0.15) is 51.3 Å². The molecule has 2 aromatic carbocycles. The van der Waals surface area contributed by atoms with Gasteiger partial charge in [-0.2, -0.15) is 5.10 Å². The van der Waals surface area contributed by atoms with Crippen LogP contribution in [0.15, 0.2) is 67.0 Å². The van der Waals surface area contributed by atoms with Crippen LogP contribution in [0, 0.1) is 5.41 Å². The lowest BCUT2D eigenvalue weighted by atomic mass is 9.81. The molecular weight excluding hydrogens is 492 g/mol. The number of aromatic nitrogens is 2. The fraction of sp³-hybridized carbons (Fsp3) is 0.393. The summed E-state index contributed by atoms with van der Waals surface area (Å²) in [5.74, 6) is -1.53. The van der Waals surface area contributed by atoms with Gasteiger partial charge in [-0.3, -0.25) is 9.59 Å². The molecule has 0 spiro atoms. The van der Waals surface area contributed by atoms with E-state index >= 15 is 0 Å². The summed E-state index contributed by atoms with van der Waals surface area (Å²) in [4.78, 5) is 27.8. The van der Waals surface area contributed by atoms with Crippen LogP contribution in [0.2, 0.25) is 5.02 Å². The van der Waals surface area contributed by atoms with Crippen molar-refractivity contribution in [1.29, 1.82) is 0 Å². The maximum atomic E-state index is 13.5. The molecule has 0 bridgehead atoms. The van der Waals surface area contributed by atoms with E-state index in [-0.39, 0.29) is 5.41 Å². The second-order valence-corrected chi connectivity index (χ2v) is 11.1. The van der Waals surface area contributed by atoms with Gasteiger partial charge in [-0.15, -0.1) is 0 Å². The minimum Gasteiger partial charge on any atom is -0.380 e. The summed E-state index contributed by atoms with van der Waals surface area (Å²) < 4.78 is 1.72. The van der Waals surface area contributed by atoms with Crippen molar-refractivity contribution in [2.24, 2.45) is 5.41 Å². The van der Waals surface area contributed by atoms with Crippen LogP contribution < -0.4 is 5.32 Å². The van der Waals surface area contributed by atoms with Crippen LogP contribution in [-0.4, -0.2) is 55.5 Å². The number of aliphatic hydroxyl groups excluding tert-OH is 2. The summed E-state index contributed by atoms with van der Waals surface area (Å²) in [7, 11) is 0. The molecular formula is C28H33ClN4O4. The molecule has 1 saturated heterocycles. The predicted molar refractivity (Wildman–Crippen MR) is 141 cm³/mol. The maximum absolute atomic E-state index is 13.5. The molecule has 1 aromatic heterocycles. The van der Waals surface area contributed by atoms with Gasteiger partial charge in [0.05, 0.1) is 17.3 Å². The molecule has 3 aromatic rings. The van der Waals surface area contributed by atoms with E-state index in [4.69, 9.17) is 11.6 Å². The van der Waals surface area contributed by atoms with E-state index in [1.165, 1.54) is 0 Å². The molecule has 0 unspecified atom stereocenters. The zero-order valence-corrected chi connectivity index (χ0v) is 22.2. The Bertz CT molecular complexity index is 1260. The lowest BCUT2D eigenvalue weighted by molar-refractivity contribution is -0.156. The Hall–Kier alpha value is -3.20. The molecule has 37 heavy (non-hydrogen) atoms. The van der Waals surface area contributed by atoms with E-state index in [0.29, 0.717) is 18.0 Å². The zero-order chi connectivity index (χ0) is 27.0. The van der Waals surface area contributed by atoms with E-state index in [9.17, 15) is 19.8 Å². The number of halogens is 1. The van der Waals surface area contributed by atoms with Crippen LogP contribution in [0.4, 0.5) is 0 Å². The fourth-order valence-corrected chi connectivity index (χ4v) is 5.44. The second-order valence-electron chi connectivity index (χ2n) is 10.7. The van der Waals surface area contributed by atoms with Crippen LogP contribution in [0.25, 0.3) is 5.69 Å². The molecule has 196 valence electrons. The van der Waals surface area contributed by atoms with Crippen LogP contribution in [0.5, 0.6) is 0 Å². The molecule has 0 saturated carbocycles. The maximum Gasteiger partial charge on any atom is 0.255 e. The van der Waals surface area contributed by atoms with E-state index in [1.807, 2.05) is 69.4 Å². The predicted octanol–water partition coefficient (Wildman–Crippen LogP) is 3.60. The SMILES string of the molecule is C[C@@H](NC(=O)[C@H](O)[C@@H](O)C(=O)N1CC(C)(C)C[C@@]1(C)c1cccc(Cl)c1)c1ccc(-n2cccn2)cc1. The van der Waals surface area contributed by atoms with Crippen molar-refractivity contribution in [2.75, 3.05) is 6.54 Å². The topological polar surface area (TPSA) is 108 Å². The number of hydrogen-bond donors (Lipinski definition) is 3. The van der Waals surface area contributed by atoms with Crippen molar-refractivity contribution in [2.45, 2.75) is 57.9 Å². The highest BCUT2D eigenvalue weighted by atomic mass is 35.5. The summed E-state index contributed by atoms with van der Waals surface area (Å²) in [6.07, 6.45) is 0.304. The monoisotopic (exact) mass is 524 g/mol. The highest BCUT2D eigenvalue weighted by Gasteiger charge is 2.51. The summed E-state index contributed by atoms with van der Waals surface area (Å²) in [6.45, 7) is 8.12. The average Bonchev–Trinajstić information content (AvgIpc) is 3.49. The molecule has 4 atom stereocenters. The number of carbonyl (C=O) groups excluding carboxylic acids is 2. The number of likely N-dealkylation sites (tertiary alicyclic amines) is 1. The first-order valence-corrected chi connectivity index (χ1v) is 12.6. The zero-order valence-electron chi connectivity index (χ0n) is 21.4. The highest BCUT2D eigenvalue weighted by Crippen LogP contribution is 2.48. The van der Waals surface area contributed by atoms with E-state index in [1.54, 1.807) is 34.8 Å². The number of nitrogens with zero attached hydrogens (tertiary/aromatic N) is 3. The summed E-state index contributed by atoms with van der Waals surface area (Å²) in [5.41, 5.74) is 1.50. The summed E-state index contributed by atoms with van der Waals surface area (Å²) in [5, 5.41) is 28.9. The van der Waals surface area contributed by atoms with Crippen molar-refractivity contribution in [3.63, 3.8) is 0 Å². The van der Waals surface area contributed by atoms with E-state index in [2.05, 4.69) is 10.4 Å². The van der Waals surface area contributed by atoms with Crippen LogP contribution in [0.3, 0.4) is 0 Å². The smallest absolute Gasteiger partial charge is 0.255 e. The number of aliphatic hydroxyl groups is 2. The molecule has 2 amide bonds. The normalized spacial score (nSPS) is 21.3. The number of carbonyl (C=O) groups is 2. The third-order valence-electron chi connectivity index (χ3n) is 7.06. The van der Waals surface area contributed by atoms with Crippen LogP contribution >= 0.6 is 11.6 Å². The van der Waals surface area contributed by atoms with Gasteiger partial charge < -0.3 is 20.4 Å². The Kier molecular flexibility index (Phi) is 7.46. The van der Waals surface area contributed by atoms with Gasteiger partial charge in [0.2, 0.25) is 0 Å². The highest BCUT2D eigenvalue weighted by molar-refractivity contribution is 6.30. The Morgan fingerprint density at radius 2 is 1.76 bits per heavy atom. The van der Waals surface area contributed by atoms with Crippen molar-refractivity contribution in [3.8, 4) is 5.69 Å². The Labute approximate surface area is 221 Å². The average molecular weight is 525 g/mol. The third kappa shape index (κ3) is 5.56. The summed E-state index contributed by atoms with van der Waals surface area (Å²) >= 11 is 6.22. The summed E-state index contributed by atoms with van der Waals surface area (Å²) in [6, 6.07) is 16.1. The van der Waals surface area contributed by atoms with Gasteiger partial charge in [0, 0.05) is 24.0 Å². The molecule has 1 aliphatic heterocycles. The Balaban J connectivity index is 1.46. The van der Waals surface area contributed by atoms with Crippen molar-refractivity contribution in [3.05, 3.63) is 83.1 Å². The molecule has 8 nitrogen and oxygen atoms in total. The standard InChI is InChI=1S/C28H33ClN4O4/c1-18(19-9-11-22(12-10-19)33-14-6-13-30-33)31-25(36)23(34)24(35)26(37)32-17-27(2,3)16-28(32,4)20-7-5-8-21(29)15-20/h5-15,18,23-24,34-35H,16-17H2,1-4H3,(H,31,36)/t18-,23-,24-,28+/m1/s1. The number of benzene rings is 2. The molecule has 1 aliphatic rings. The molecule has 2 heterocycles. The number of nitrogens with one attached hydrogen (secondary N) is 1. The van der Waals surface area contributed by atoms with Gasteiger partial charge in [-0.1, -0.05) is 49.7 Å². The van der Waals surface area contributed by atoms with Gasteiger partial charge in [0.15, 0.2) is 12.2 Å². The van der Waals surface area contributed by atoms with Gasteiger partial charge in [0.25, 0.3) is 11.8 Å². The first-order valence-electron chi connectivity index (χ1n) is 12.3. The fourth-order valence-electron chi connectivity index (χ4n) is 5.25. The number of rotatable bonds is 7.